The Morgan fingerprint density at radius 2 is 2.00 bits per heavy atom. The van der Waals surface area contributed by atoms with Crippen LogP contribution in [0.2, 0.25) is 0 Å². The number of hydrogen-bond donors (Lipinski definition) is 2. The normalized spacial score (nSPS) is 9.83. The minimum Gasteiger partial charge on any atom is -0.330 e. The van der Waals surface area contributed by atoms with Gasteiger partial charge in [-0.25, -0.2) is 4.39 Å². The number of thiocarbonyl (C=S) groups is 1. The van der Waals surface area contributed by atoms with E-state index in [4.69, 9.17) is 12.2 Å². The number of rotatable bonds is 2. The van der Waals surface area contributed by atoms with Crippen LogP contribution in [0.1, 0.15) is 9.67 Å². The molecule has 0 saturated heterocycles. The van der Waals surface area contributed by atoms with E-state index >= 15 is 0 Å². The Labute approximate surface area is 113 Å². The lowest BCUT2D eigenvalue weighted by molar-refractivity contribution is 0.0981. The van der Waals surface area contributed by atoms with Gasteiger partial charge in [0.2, 0.25) is 0 Å². The van der Waals surface area contributed by atoms with Crippen molar-refractivity contribution in [3.63, 3.8) is 0 Å². The highest BCUT2D eigenvalue weighted by Crippen LogP contribution is 2.12. The van der Waals surface area contributed by atoms with Gasteiger partial charge in [0.05, 0.1) is 10.6 Å². The van der Waals surface area contributed by atoms with Crippen molar-refractivity contribution in [3.8, 4) is 0 Å². The molecule has 18 heavy (non-hydrogen) atoms. The molecule has 0 aliphatic rings. The van der Waals surface area contributed by atoms with Gasteiger partial charge < -0.3 is 5.32 Å². The van der Waals surface area contributed by atoms with Gasteiger partial charge in [-0.2, -0.15) is 0 Å². The van der Waals surface area contributed by atoms with E-state index in [1.807, 2.05) is 0 Å². The van der Waals surface area contributed by atoms with Crippen LogP contribution in [0.5, 0.6) is 0 Å². The largest absolute Gasteiger partial charge is 0.330 e. The third-order valence-electron chi connectivity index (χ3n) is 2.09. The molecule has 0 bridgehead atoms. The molecule has 6 heteroatoms. The molecule has 0 spiro atoms. The summed E-state index contributed by atoms with van der Waals surface area (Å²) in [5.74, 6) is -0.732. The van der Waals surface area contributed by atoms with Crippen LogP contribution in [-0.4, -0.2) is 11.0 Å². The highest BCUT2D eigenvalue weighted by molar-refractivity contribution is 7.80. The third kappa shape index (κ3) is 3.12. The lowest BCUT2D eigenvalue weighted by Crippen LogP contribution is -2.33. The second-order valence-electron chi connectivity index (χ2n) is 3.37. The molecule has 1 amide bonds. The van der Waals surface area contributed by atoms with Gasteiger partial charge in [0, 0.05) is 0 Å². The lowest BCUT2D eigenvalue weighted by Gasteiger charge is -2.09. The van der Waals surface area contributed by atoms with Gasteiger partial charge in [0.25, 0.3) is 5.91 Å². The van der Waals surface area contributed by atoms with Crippen LogP contribution in [0, 0.1) is 5.82 Å². The zero-order valence-electron chi connectivity index (χ0n) is 9.14. The van der Waals surface area contributed by atoms with Crippen molar-refractivity contribution in [2.75, 3.05) is 5.32 Å². The van der Waals surface area contributed by atoms with Crippen molar-refractivity contribution < 1.29 is 9.18 Å². The number of para-hydroxylation sites is 1. The van der Waals surface area contributed by atoms with Crippen LogP contribution in [0.15, 0.2) is 41.8 Å². The molecular formula is C12H9FN2OS2. The average Bonchev–Trinajstić information content (AvgIpc) is 2.85. The zero-order valence-corrected chi connectivity index (χ0v) is 10.8. The number of carbonyl (C=O) groups is 1. The fourth-order valence-electron chi connectivity index (χ4n) is 1.29. The Balaban J connectivity index is 1.98. The summed E-state index contributed by atoms with van der Waals surface area (Å²) in [5.41, 5.74) is 0.231. The molecule has 0 aliphatic heterocycles. The Morgan fingerprint density at radius 3 is 2.67 bits per heavy atom. The number of carbonyl (C=O) groups excluding carboxylic acids is 1. The van der Waals surface area contributed by atoms with Crippen LogP contribution >= 0.6 is 23.6 Å². The van der Waals surface area contributed by atoms with Crippen molar-refractivity contribution in [1.82, 2.24) is 5.32 Å². The number of nitrogens with one attached hydrogen (secondary N) is 2. The van der Waals surface area contributed by atoms with E-state index in [-0.39, 0.29) is 16.7 Å². The summed E-state index contributed by atoms with van der Waals surface area (Å²) in [7, 11) is 0. The summed E-state index contributed by atoms with van der Waals surface area (Å²) >= 11 is 6.25. The van der Waals surface area contributed by atoms with Crippen molar-refractivity contribution in [1.29, 1.82) is 0 Å². The van der Waals surface area contributed by atoms with E-state index in [2.05, 4.69) is 10.6 Å². The van der Waals surface area contributed by atoms with Gasteiger partial charge in [-0.15, -0.1) is 11.3 Å². The molecular weight excluding hydrogens is 271 g/mol. The van der Waals surface area contributed by atoms with Crippen molar-refractivity contribution >= 4 is 40.3 Å². The smallest absolute Gasteiger partial charge is 0.267 e. The molecule has 0 aliphatic carbocycles. The van der Waals surface area contributed by atoms with E-state index < -0.39 is 5.82 Å². The first-order valence-corrected chi connectivity index (χ1v) is 6.36. The Bertz CT molecular complexity index is 569. The summed E-state index contributed by atoms with van der Waals surface area (Å²) < 4.78 is 13.3. The summed E-state index contributed by atoms with van der Waals surface area (Å²) in [4.78, 5) is 12.2. The van der Waals surface area contributed by atoms with Crippen molar-refractivity contribution in [2.24, 2.45) is 0 Å². The maximum absolute atomic E-state index is 13.3. The molecule has 1 aromatic heterocycles. The molecule has 3 nitrogen and oxygen atoms in total. The van der Waals surface area contributed by atoms with Crippen molar-refractivity contribution in [3.05, 3.63) is 52.5 Å². The first-order valence-electron chi connectivity index (χ1n) is 5.07. The summed E-state index contributed by atoms with van der Waals surface area (Å²) in [6.45, 7) is 0. The predicted molar refractivity (Wildman–Crippen MR) is 74.4 cm³/mol. The van der Waals surface area contributed by atoms with Crippen LogP contribution in [0.25, 0.3) is 0 Å². The Kier molecular flexibility index (Phi) is 4.01. The van der Waals surface area contributed by atoms with Gasteiger partial charge >= 0.3 is 0 Å². The van der Waals surface area contributed by atoms with E-state index in [0.29, 0.717) is 4.88 Å². The SMILES string of the molecule is O=C(NC(=S)Nc1ccccc1F)c1cccs1. The highest BCUT2D eigenvalue weighted by Gasteiger charge is 2.09. The first-order chi connectivity index (χ1) is 8.66. The van der Waals surface area contributed by atoms with Crippen LogP contribution < -0.4 is 10.6 Å². The first kappa shape index (κ1) is 12.7. The topological polar surface area (TPSA) is 41.1 Å². The number of halogens is 1. The second kappa shape index (κ2) is 5.70. The Morgan fingerprint density at radius 1 is 1.22 bits per heavy atom. The lowest BCUT2D eigenvalue weighted by atomic mass is 10.3. The Hall–Kier alpha value is -1.79. The quantitative estimate of drug-likeness (QED) is 0.831. The molecule has 0 unspecified atom stereocenters. The van der Waals surface area contributed by atoms with Crippen molar-refractivity contribution in [2.45, 2.75) is 0 Å². The van der Waals surface area contributed by atoms with E-state index in [1.54, 1.807) is 35.7 Å². The van der Waals surface area contributed by atoms with E-state index in [1.165, 1.54) is 17.4 Å². The highest BCUT2D eigenvalue weighted by atomic mass is 32.1. The van der Waals surface area contributed by atoms with Gasteiger partial charge in [-0.05, 0) is 35.8 Å². The van der Waals surface area contributed by atoms with Gasteiger partial charge in [0.15, 0.2) is 5.11 Å². The molecule has 0 atom stereocenters. The zero-order chi connectivity index (χ0) is 13.0. The molecule has 0 fully saturated rings. The van der Waals surface area contributed by atoms with Gasteiger partial charge in [-0.3, -0.25) is 10.1 Å². The third-order valence-corrected chi connectivity index (χ3v) is 3.17. The number of anilines is 1. The monoisotopic (exact) mass is 280 g/mol. The number of hydrogen-bond acceptors (Lipinski definition) is 3. The van der Waals surface area contributed by atoms with Crippen LogP contribution in [0.3, 0.4) is 0 Å². The number of amides is 1. The second-order valence-corrected chi connectivity index (χ2v) is 4.72. The van der Waals surface area contributed by atoms with Crippen LogP contribution in [-0.2, 0) is 0 Å². The molecule has 92 valence electrons. The summed E-state index contributed by atoms with van der Waals surface area (Å²) in [6, 6.07) is 9.56. The minimum absolute atomic E-state index is 0.0681. The number of thiophene rings is 1. The maximum atomic E-state index is 13.3. The molecule has 2 aromatic rings. The minimum atomic E-state index is -0.426. The predicted octanol–water partition coefficient (Wildman–Crippen LogP) is 3.01. The van der Waals surface area contributed by atoms with Gasteiger partial charge in [-0.1, -0.05) is 18.2 Å². The molecule has 2 rings (SSSR count). The molecule has 1 heterocycles. The molecule has 2 N–H and O–H groups in total. The van der Waals surface area contributed by atoms with Gasteiger partial charge in [0.1, 0.15) is 5.82 Å². The summed E-state index contributed by atoms with van der Waals surface area (Å²) in [6.07, 6.45) is 0. The number of benzene rings is 1. The van der Waals surface area contributed by atoms with E-state index in [0.717, 1.165) is 0 Å². The fourth-order valence-corrected chi connectivity index (χ4v) is 2.11. The van der Waals surface area contributed by atoms with Crippen LogP contribution in [0.4, 0.5) is 10.1 Å². The standard InChI is InChI=1S/C12H9FN2OS2/c13-8-4-1-2-5-9(8)14-12(17)15-11(16)10-6-3-7-18-10/h1-7H,(H2,14,15,16,17). The molecule has 1 aromatic carbocycles. The maximum Gasteiger partial charge on any atom is 0.267 e. The average molecular weight is 280 g/mol. The fraction of sp³-hybridized carbons (Fsp3) is 0. The summed E-state index contributed by atoms with van der Waals surface area (Å²) in [5, 5.41) is 6.98. The van der Waals surface area contributed by atoms with E-state index in [9.17, 15) is 9.18 Å². The molecule has 0 radical (unpaired) electrons. The molecule has 0 saturated carbocycles.